The van der Waals surface area contributed by atoms with Gasteiger partial charge in [-0.1, -0.05) is 29.8 Å². The summed E-state index contributed by atoms with van der Waals surface area (Å²) in [5, 5.41) is 11.1. The molecular formula is C24H20ClNO7S. The van der Waals surface area contributed by atoms with E-state index in [0.717, 1.165) is 21.8 Å². The van der Waals surface area contributed by atoms with E-state index < -0.39 is 17.8 Å². The van der Waals surface area contributed by atoms with Gasteiger partial charge < -0.3 is 19.3 Å². The molecule has 0 saturated carbocycles. The number of hydrogen-bond acceptors (Lipinski definition) is 7. The molecular weight excluding hydrogens is 482 g/mol. The number of ether oxygens (including phenoxy) is 3. The first-order chi connectivity index (χ1) is 16.4. The summed E-state index contributed by atoms with van der Waals surface area (Å²) in [6.07, 6.45) is -0.0988. The number of aromatic carboxylic acids is 1. The van der Waals surface area contributed by atoms with Crippen LogP contribution in [0.1, 0.15) is 31.2 Å². The first kappa shape index (κ1) is 23.7. The quantitative estimate of drug-likeness (QED) is 0.341. The first-order valence-corrected chi connectivity index (χ1v) is 11.5. The van der Waals surface area contributed by atoms with Gasteiger partial charge in [-0.05, 0) is 29.1 Å². The maximum Gasteiger partial charge on any atom is 0.346 e. The highest BCUT2D eigenvalue weighted by Gasteiger charge is 2.37. The highest BCUT2D eigenvalue weighted by atomic mass is 35.5. The number of rotatable bonds is 9. The molecule has 8 nitrogen and oxygen atoms in total. The van der Waals surface area contributed by atoms with Gasteiger partial charge in [-0.15, -0.1) is 11.3 Å². The lowest BCUT2D eigenvalue weighted by Gasteiger charge is -2.26. The van der Waals surface area contributed by atoms with Gasteiger partial charge in [-0.2, -0.15) is 0 Å². The summed E-state index contributed by atoms with van der Waals surface area (Å²) in [4.78, 5) is 38.3. The van der Waals surface area contributed by atoms with E-state index in [-0.39, 0.29) is 34.2 Å². The number of fused-ring (bicyclic) bond motifs is 1. The first-order valence-electron chi connectivity index (χ1n) is 10.2. The van der Waals surface area contributed by atoms with E-state index in [2.05, 4.69) is 0 Å². The zero-order valence-corrected chi connectivity index (χ0v) is 19.6. The van der Waals surface area contributed by atoms with Crippen molar-refractivity contribution in [1.82, 2.24) is 0 Å². The van der Waals surface area contributed by atoms with Gasteiger partial charge in [-0.3, -0.25) is 9.59 Å². The van der Waals surface area contributed by atoms with Gasteiger partial charge in [0.15, 0.2) is 0 Å². The molecule has 0 aliphatic carbocycles. The summed E-state index contributed by atoms with van der Waals surface area (Å²) < 4.78 is 16.6. The molecule has 2 amide bonds. The fourth-order valence-corrected chi connectivity index (χ4v) is 4.64. The summed E-state index contributed by atoms with van der Waals surface area (Å²) in [7, 11) is 1.59. The summed E-state index contributed by atoms with van der Waals surface area (Å²) in [5.41, 5.74) is 1.35. The molecule has 34 heavy (non-hydrogen) atoms. The van der Waals surface area contributed by atoms with E-state index in [1.165, 1.54) is 17.5 Å². The monoisotopic (exact) mass is 501 g/mol. The highest BCUT2D eigenvalue weighted by molar-refractivity contribution is 7.12. The van der Waals surface area contributed by atoms with Gasteiger partial charge in [0, 0.05) is 18.7 Å². The lowest BCUT2D eigenvalue weighted by molar-refractivity contribution is -0.117. The van der Waals surface area contributed by atoms with E-state index in [1.54, 1.807) is 13.2 Å². The molecule has 1 N–H and O–H groups in total. The molecule has 1 aliphatic rings. The second-order valence-electron chi connectivity index (χ2n) is 7.33. The minimum Gasteiger partial charge on any atom is -0.491 e. The normalized spacial score (nSPS) is 13.1. The van der Waals surface area contributed by atoms with Crippen molar-refractivity contribution >= 4 is 46.4 Å². The van der Waals surface area contributed by atoms with Gasteiger partial charge >= 0.3 is 5.97 Å². The molecule has 2 aromatic carbocycles. The zero-order chi connectivity index (χ0) is 24.2. The van der Waals surface area contributed by atoms with Crippen LogP contribution in [-0.2, 0) is 22.6 Å². The van der Waals surface area contributed by atoms with E-state index in [4.69, 9.17) is 25.8 Å². The molecule has 0 saturated heterocycles. The van der Waals surface area contributed by atoms with Crippen LogP contribution < -0.4 is 14.4 Å². The number of benzene rings is 2. The Morgan fingerprint density at radius 3 is 2.71 bits per heavy atom. The minimum absolute atomic E-state index is 0.0154. The predicted octanol–water partition coefficient (Wildman–Crippen LogP) is 4.43. The third-order valence-electron chi connectivity index (χ3n) is 5.14. The van der Waals surface area contributed by atoms with Gasteiger partial charge in [0.1, 0.15) is 29.6 Å². The Morgan fingerprint density at radius 1 is 1.15 bits per heavy atom. The SMILES string of the molecule is COCCOc1ccccc1COc1ccc(Cl)c(N2C(=O)Cc3csc(C(=O)O)c3C2=O)c1. The summed E-state index contributed by atoms with van der Waals surface area (Å²) in [6, 6.07) is 12.0. The Hall–Kier alpha value is -3.40. The molecule has 0 spiro atoms. The summed E-state index contributed by atoms with van der Waals surface area (Å²) >= 11 is 7.25. The third-order valence-corrected chi connectivity index (χ3v) is 6.48. The van der Waals surface area contributed by atoms with Gasteiger partial charge in [0.25, 0.3) is 5.91 Å². The second kappa shape index (κ2) is 10.3. The maximum atomic E-state index is 13.1. The van der Waals surface area contributed by atoms with E-state index in [9.17, 15) is 19.5 Å². The van der Waals surface area contributed by atoms with Crippen LogP contribution in [0.4, 0.5) is 5.69 Å². The molecule has 1 aliphatic heterocycles. The molecule has 10 heteroatoms. The Labute approximate surface area is 204 Å². The van der Waals surface area contributed by atoms with Gasteiger partial charge in [-0.25, -0.2) is 9.69 Å². The van der Waals surface area contributed by atoms with Crippen molar-refractivity contribution in [2.45, 2.75) is 13.0 Å². The van der Waals surface area contributed by atoms with Gasteiger partial charge in [0.05, 0.1) is 29.3 Å². The minimum atomic E-state index is -1.22. The van der Waals surface area contributed by atoms with Crippen molar-refractivity contribution in [3.63, 3.8) is 0 Å². The predicted molar refractivity (Wildman–Crippen MR) is 126 cm³/mol. The van der Waals surface area contributed by atoms with Crippen molar-refractivity contribution in [2.24, 2.45) is 0 Å². The van der Waals surface area contributed by atoms with Crippen molar-refractivity contribution < 1.29 is 33.7 Å². The van der Waals surface area contributed by atoms with Crippen molar-refractivity contribution in [2.75, 3.05) is 25.2 Å². The average molecular weight is 502 g/mol. The number of nitrogens with zero attached hydrogens (tertiary/aromatic N) is 1. The largest absolute Gasteiger partial charge is 0.491 e. The Balaban J connectivity index is 1.58. The number of carbonyl (C=O) groups is 3. The van der Waals surface area contributed by atoms with Crippen molar-refractivity contribution in [3.05, 3.63) is 74.4 Å². The van der Waals surface area contributed by atoms with Crippen LogP contribution in [0.2, 0.25) is 5.02 Å². The number of imide groups is 1. The molecule has 0 fully saturated rings. The fraction of sp³-hybridized carbons (Fsp3) is 0.208. The van der Waals surface area contributed by atoms with Crippen molar-refractivity contribution in [1.29, 1.82) is 0 Å². The van der Waals surface area contributed by atoms with Crippen LogP contribution in [0.25, 0.3) is 0 Å². The number of amides is 2. The molecule has 3 aromatic rings. The van der Waals surface area contributed by atoms with Crippen LogP contribution in [0.3, 0.4) is 0 Å². The summed E-state index contributed by atoms with van der Waals surface area (Å²) in [5.74, 6) is -1.41. The number of thiophene rings is 1. The number of carboxylic acid groups (broad SMARTS) is 1. The molecule has 2 heterocycles. The maximum absolute atomic E-state index is 13.1. The lowest BCUT2D eigenvalue weighted by Crippen LogP contribution is -2.42. The van der Waals surface area contributed by atoms with Crippen LogP contribution in [-0.4, -0.2) is 43.2 Å². The average Bonchev–Trinajstić information content (AvgIpc) is 3.24. The van der Waals surface area contributed by atoms with Crippen LogP contribution in [0.5, 0.6) is 11.5 Å². The second-order valence-corrected chi connectivity index (χ2v) is 8.62. The van der Waals surface area contributed by atoms with E-state index >= 15 is 0 Å². The molecule has 0 bridgehead atoms. The fourth-order valence-electron chi connectivity index (χ4n) is 3.54. The zero-order valence-electron chi connectivity index (χ0n) is 18.1. The molecule has 0 unspecified atom stereocenters. The molecule has 176 valence electrons. The summed E-state index contributed by atoms with van der Waals surface area (Å²) in [6.45, 7) is 1.01. The standard InChI is InChI=1S/C24H20ClNO7S/c1-31-8-9-32-19-5-3-2-4-14(19)12-33-16-6-7-17(25)18(11-16)26-20(27)10-15-13-34-22(24(29)30)21(15)23(26)28/h2-7,11,13H,8-10,12H2,1H3,(H,29,30). The topological polar surface area (TPSA) is 102 Å². The van der Waals surface area contributed by atoms with Crippen molar-refractivity contribution in [3.8, 4) is 11.5 Å². The number of anilines is 1. The Bertz CT molecular complexity index is 1260. The number of carboxylic acids is 1. The molecule has 1 aromatic heterocycles. The number of hydrogen-bond donors (Lipinski definition) is 1. The van der Waals surface area contributed by atoms with Crippen LogP contribution >= 0.6 is 22.9 Å². The Morgan fingerprint density at radius 2 is 1.94 bits per heavy atom. The number of halogens is 1. The van der Waals surface area contributed by atoms with E-state index in [0.29, 0.717) is 30.3 Å². The van der Waals surface area contributed by atoms with Crippen LogP contribution in [0, 0.1) is 0 Å². The number of methoxy groups -OCH3 is 1. The van der Waals surface area contributed by atoms with Gasteiger partial charge in [0.2, 0.25) is 5.91 Å². The number of para-hydroxylation sites is 1. The molecule has 0 radical (unpaired) electrons. The highest BCUT2D eigenvalue weighted by Crippen LogP contribution is 2.37. The number of carbonyl (C=O) groups excluding carboxylic acids is 2. The Kier molecular flexibility index (Phi) is 7.16. The smallest absolute Gasteiger partial charge is 0.346 e. The lowest BCUT2D eigenvalue weighted by atomic mass is 10.0. The molecule has 4 rings (SSSR count). The van der Waals surface area contributed by atoms with E-state index in [1.807, 2.05) is 24.3 Å². The van der Waals surface area contributed by atoms with Crippen LogP contribution in [0.15, 0.2) is 47.8 Å². The molecule has 0 atom stereocenters. The third kappa shape index (κ3) is 4.77.